The number of carbonyl (C=O) groups excluding carboxylic acids is 2. The lowest BCUT2D eigenvalue weighted by atomic mass is 9.94. The van der Waals surface area contributed by atoms with Gasteiger partial charge in [-0.05, 0) is 83.6 Å². The van der Waals surface area contributed by atoms with Crippen molar-refractivity contribution in [2.75, 3.05) is 26.2 Å². The fourth-order valence-corrected chi connectivity index (χ4v) is 8.77. The summed E-state index contributed by atoms with van der Waals surface area (Å²) < 4.78 is 79.6. The number of carbonyl (C=O) groups is 3. The van der Waals surface area contributed by atoms with Crippen LogP contribution in [0.2, 0.25) is 5.02 Å². The highest BCUT2D eigenvalue weighted by Crippen LogP contribution is 2.44. The van der Waals surface area contributed by atoms with Crippen LogP contribution in [0.15, 0.2) is 102 Å². The SMILES string of the molecule is O=C(O)CCN1CCC(C(=O)NOC(NC(=O)OCC2c3ccccc3-c3ccccc32)C(F)(F)F)(S(=O)(=O)c2ccc(Oc3ccc(Cl)cc3)cc2)CC1. The van der Waals surface area contributed by atoms with Crippen LogP contribution in [-0.4, -0.2) is 79.8 Å². The van der Waals surface area contributed by atoms with Crippen molar-refractivity contribution in [3.05, 3.63) is 113 Å². The number of alkyl carbamates (subject to hydrolysis) is 1. The van der Waals surface area contributed by atoms with Gasteiger partial charge < -0.3 is 19.5 Å². The number of alkyl halides is 3. The fourth-order valence-electron chi connectivity index (χ4n) is 6.69. The van der Waals surface area contributed by atoms with Gasteiger partial charge in [0, 0.05) is 30.6 Å². The summed E-state index contributed by atoms with van der Waals surface area (Å²) in [6.45, 7) is -0.392. The Bertz CT molecular complexity index is 2100. The largest absolute Gasteiger partial charge is 0.481 e. The molecule has 2 aliphatic rings. The minimum Gasteiger partial charge on any atom is -0.481 e. The molecule has 6 rings (SSSR count). The van der Waals surface area contributed by atoms with E-state index in [1.54, 1.807) is 52.1 Å². The third-order valence-corrected chi connectivity index (χ3v) is 12.3. The molecule has 17 heteroatoms. The Hall–Kier alpha value is -5.16. The lowest BCUT2D eigenvalue weighted by molar-refractivity contribution is -0.244. The fraction of sp³-hybridized carbons (Fsp3) is 0.289. The predicted molar refractivity (Wildman–Crippen MR) is 193 cm³/mol. The molecule has 4 aromatic carbocycles. The number of nitrogens with one attached hydrogen (secondary N) is 2. The number of hydroxylamine groups is 1. The summed E-state index contributed by atoms with van der Waals surface area (Å²) in [4.78, 5) is 43.7. The monoisotopic (exact) mass is 801 g/mol. The van der Waals surface area contributed by atoms with E-state index in [0.717, 1.165) is 22.3 Å². The van der Waals surface area contributed by atoms with Crippen LogP contribution >= 0.6 is 11.6 Å². The Kier molecular flexibility index (Phi) is 11.7. The summed E-state index contributed by atoms with van der Waals surface area (Å²) in [7, 11) is -4.65. The third-order valence-electron chi connectivity index (χ3n) is 9.58. The summed E-state index contributed by atoms with van der Waals surface area (Å²) in [5.41, 5.74) is 5.14. The van der Waals surface area contributed by atoms with Gasteiger partial charge in [0.2, 0.25) is 0 Å². The molecule has 0 radical (unpaired) electrons. The number of aliphatic carboxylic acids is 1. The number of sulfone groups is 1. The van der Waals surface area contributed by atoms with E-state index in [1.807, 2.05) is 36.4 Å². The second-order valence-corrected chi connectivity index (χ2v) is 15.6. The molecule has 1 aliphatic heterocycles. The second kappa shape index (κ2) is 16.3. The van der Waals surface area contributed by atoms with Crippen molar-refractivity contribution in [1.29, 1.82) is 0 Å². The molecule has 1 unspecified atom stereocenters. The molecule has 290 valence electrons. The van der Waals surface area contributed by atoms with E-state index in [-0.39, 0.29) is 43.3 Å². The summed E-state index contributed by atoms with van der Waals surface area (Å²) >= 11 is 5.91. The van der Waals surface area contributed by atoms with E-state index in [4.69, 9.17) is 31.0 Å². The lowest BCUT2D eigenvalue weighted by Crippen LogP contribution is -2.60. The molecule has 2 amide bonds. The summed E-state index contributed by atoms with van der Waals surface area (Å²) in [5, 5.41) is 11.2. The smallest absolute Gasteiger partial charge is 0.436 e. The first-order chi connectivity index (χ1) is 26.2. The van der Waals surface area contributed by atoms with Gasteiger partial charge >= 0.3 is 18.2 Å². The average molecular weight is 802 g/mol. The van der Waals surface area contributed by atoms with Gasteiger partial charge in [0.25, 0.3) is 12.1 Å². The van der Waals surface area contributed by atoms with Crippen molar-refractivity contribution in [3.63, 3.8) is 0 Å². The van der Waals surface area contributed by atoms with Crippen molar-refractivity contribution in [2.45, 2.75) is 47.2 Å². The maximum atomic E-state index is 14.2. The highest BCUT2D eigenvalue weighted by molar-refractivity contribution is 7.93. The molecule has 1 saturated heterocycles. The van der Waals surface area contributed by atoms with Gasteiger partial charge in [-0.15, -0.1) is 0 Å². The van der Waals surface area contributed by atoms with Crippen molar-refractivity contribution in [1.82, 2.24) is 15.7 Å². The number of carboxylic acid groups (broad SMARTS) is 1. The molecule has 4 aromatic rings. The molecule has 1 atom stereocenters. The molecule has 3 N–H and O–H groups in total. The maximum Gasteiger partial charge on any atom is 0.436 e. The van der Waals surface area contributed by atoms with Crippen molar-refractivity contribution >= 4 is 39.4 Å². The number of likely N-dealkylation sites (tertiary alicyclic amines) is 1. The van der Waals surface area contributed by atoms with Gasteiger partial charge in [0.05, 0.1) is 11.3 Å². The number of halogens is 4. The Morgan fingerprint density at radius 2 is 1.42 bits per heavy atom. The zero-order valence-electron chi connectivity index (χ0n) is 28.9. The highest BCUT2D eigenvalue weighted by Gasteiger charge is 2.54. The molecule has 55 heavy (non-hydrogen) atoms. The van der Waals surface area contributed by atoms with Gasteiger partial charge in [-0.3, -0.25) is 14.9 Å². The standard InChI is InChI=1S/C38H35ClF3N3O9S/c39-24-9-11-25(12-10-24)53-26-13-15-27(16-14-26)55(50,51)37(18-21-45(22-19-37)20-17-33(46)47)34(48)44-54-35(38(40,41)42)43-36(49)52-23-32-30-7-3-1-5-28(30)29-6-2-4-8-31(29)32/h1-16,32,35H,17-23H2,(H,43,49)(H,44,48)(H,46,47). The summed E-state index contributed by atoms with van der Waals surface area (Å²) in [6.07, 6.45) is -11.0. The number of piperidine rings is 1. The van der Waals surface area contributed by atoms with E-state index in [2.05, 4.69) is 0 Å². The first-order valence-corrected chi connectivity index (χ1v) is 18.9. The van der Waals surface area contributed by atoms with E-state index >= 15 is 0 Å². The molecule has 0 saturated carbocycles. The van der Waals surface area contributed by atoms with Crippen molar-refractivity contribution in [2.24, 2.45) is 0 Å². The van der Waals surface area contributed by atoms with Gasteiger partial charge in [-0.25, -0.2) is 23.5 Å². The number of rotatable bonds is 13. The molecular weight excluding hydrogens is 767 g/mol. The molecule has 0 aromatic heterocycles. The number of hydrogen-bond donors (Lipinski definition) is 3. The number of fused-ring (bicyclic) bond motifs is 3. The normalized spacial score (nSPS) is 16.0. The number of hydrogen-bond acceptors (Lipinski definition) is 9. The van der Waals surface area contributed by atoms with Crippen LogP contribution in [0.5, 0.6) is 11.5 Å². The second-order valence-electron chi connectivity index (χ2n) is 13.0. The van der Waals surface area contributed by atoms with Gasteiger partial charge in [-0.2, -0.15) is 13.2 Å². The maximum absolute atomic E-state index is 14.2. The Morgan fingerprint density at radius 1 is 0.873 bits per heavy atom. The molecule has 1 fully saturated rings. The van der Waals surface area contributed by atoms with Crippen LogP contribution in [0, 0.1) is 0 Å². The quantitative estimate of drug-likeness (QED) is 0.0982. The minimum atomic E-state index is -5.27. The number of nitrogens with zero attached hydrogens (tertiary/aromatic N) is 1. The van der Waals surface area contributed by atoms with E-state index in [9.17, 15) is 36.0 Å². The molecule has 12 nitrogen and oxygen atoms in total. The number of carboxylic acids is 1. The van der Waals surface area contributed by atoms with E-state index in [0.29, 0.717) is 10.8 Å². The van der Waals surface area contributed by atoms with Crippen LogP contribution in [-0.2, 0) is 29.0 Å². The third kappa shape index (κ3) is 8.72. The summed E-state index contributed by atoms with van der Waals surface area (Å²) in [5.74, 6) is -2.28. The van der Waals surface area contributed by atoms with Crippen LogP contribution < -0.4 is 15.5 Å². The number of benzene rings is 4. The number of amides is 2. The van der Waals surface area contributed by atoms with Gasteiger partial charge in [0.15, 0.2) is 14.6 Å². The first-order valence-electron chi connectivity index (χ1n) is 17.0. The Balaban J connectivity index is 1.16. The number of ether oxygens (including phenoxy) is 2. The Labute approximate surface area is 319 Å². The van der Waals surface area contributed by atoms with Gasteiger partial charge in [0.1, 0.15) is 18.1 Å². The van der Waals surface area contributed by atoms with Crippen LogP contribution in [0.25, 0.3) is 11.1 Å². The van der Waals surface area contributed by atoms with E-state index in [1.165, 1.54) is 24.3 Å². The van der Waals surface area contributed by atoms with Crippen LogP contribution in [0.3, 0.4) is 0 Å². The Morgan fingerprint density at radius 3 is 1.96 bits per heavy atom. The minimum absolute atomic E-state index is 0.0561. The predicted octanol–water partition coefficient (Wildman–Crippen LogP) is 6.69. The zero-order valence-corrected chi connectivity index (χ0v) is 30.5. The first kappa shape index (κ1) is 39.5. The summed E-state index contributed by atoms with van der Waals surface area (Å²) in [6, 6.07) is 26.2. The molecule has 1 aliphatic carbocycles. The molecule has 0 spiro atoms. The van der Waals surface area contributed by atoms with Crippen LogP contribution in [0.4, 0.5) is 18.0 Å². The van der Waals surface area contributed by atoms with Crippen LogP contribution in [0.1, 0.15) is 36.3 Å². The molecule has 1 heterocycles. The van der Waals surface area contributed by atoms with E-state index < -0.39 is 63.7 Å². The highest BCUT2D eigenvalue weighted by atomic mass is 35.5. The lowest BCUT2D eigenvalue weighted by Gasteiger charge is -2.39. The zero-order chi connectivity index (χ0) is 39.4. The molecular formula is C38H35ClF3N3O9S. The topological polar surface area (TPSA) is 161 Å². The average Bonchev–Trinajstić information content (AvgIpc) is 3.49. The van der Waals surface area contributed by atoms with Crippen molar-refractivity contribution < 1.29 is 55.4 Å². The molecule has 0 bridgehead atoms. The van der Waals surface area contributed by atoms with Gasteiger partial charge in [-0.1, -0.05) is 60.1 Å². The van der Waals surface area contributed by atoms with Crippen molar-refractivity contribution in [3.8, 4) is 22.6 Å².